The Kier molecular flexibility index (Phi) is 9.24. The summed E-state index contributed by atoms with van der Waals surface area (Å²) >= 11 is 0. The van der Waals surface area contributed by atoms with Crippen molar-refractivity contribution in [2.24, 2.45) is 5.10 Å². The maximum absolute atomic E-state index is 12.5. The van der Waals surface area contributed by atoms with Gasteiger partial charge in [0.15, 0.2) is 11.5 Å². The minimum absolute atomic E-state index is 0.358. The van der Waals surface area contributed by atoms with Gasteiger partial charge in [0.2, 0.25) is 5.75 Å². The lowest BCUT2D eigenvalue weighted by Crippen LogP contribution is -2.18. The smallest absolute Gasteiger partial charge is 0.271 e. The second-order valence-corrected chi connectivity index (χ2v) is 5.92. The molecule has 2 rings (SSSR count). The first kappa shape index (κ1) is 22.8. The molecular formula is C23H28N2O5. The molecule has 0 bridgehead atoms. The van der Waals surface area contributed by atoms with Crippen molar-refractivity contribution in [3.05, 3.63) is 53.6 Å². The largest absolute Gasteiger partial charge is 0.496 e. The van der Waals surface area contributed by atoms with Crippen molar-refractivity contribution >= 4 is 18.2 Å². The van der Waals surface area contributed by atoms with E-state index in [-0.39, 0.29) is 5.91 Å². The van der Waals surface area contributed by atoms with Crippen LogP contribution in [0.3, 0.4) is 0 Å². The Labute approximate surface area is 177 Å². The van der Waals surface area contributed by atoms with Gasteiger partial charge in [-0.25, -0.2) is 5.43 Å². The van der Waals surface area contributed by atoms with Crippen LogP contribution < -0.4 is 24.4 Å². The Hall–Kier alpha value is -3.48. The molecule has 30 heavy (non-hydrogen) atoms. The summed E-state index contributed by atoms with van der Waals surface area (Å²) in [6, 6.07) is 10.8. The van der Waals surface area contributed by atoms with Gasteiger partial charge in [0.1, 0.15) is 5.75 Å². The Bertz CT molecular complexity index is 866. The number of hydrogen-bond donors (Lipinski definition) is 1. The van der Waals surface area contributed by atoms with E-state index in [0.717, 1.165) is 11.3 Å². The monoisotopic (exact) mass is 412 g/mol. The van der Waals surface area contributed by atoms with Gasteiger partial charge in [-0.1, -0.05) is 18.2 Å². The summed E-state index contributed by atoms with van der Waals surface area (Å²) in [7, 11) is 1.62. The van der Waals surface area contributed by atoms with Gasteiger partial charge in [0.05, 0.1) is 26.9 Å². The van der Waals surface area contributed by atoms with E-state index in [4.69, 9.17) is 18.9 Å². The molecule has 1 N–H and O–H groups in total. The molecule has 0 aliphatic carbocycles. The summed E-state index contributed by atoms with van der Waals surface area (Å²) < 4.78 is 22.2. The predicted octanol–water partition coefficient (Wildman–Crippen LogP) is 4.32. The van der Waals surface area contributed by atoms with Crippen LogP contribution in [-0.4, -0.2) is 39.1 Å². The number of amides is 1. The molecule has 2 aromatic carbocycles. The fourth-order valence-electron chi connectivity index (χ4n) is 2.67. The van der Waals surface area contributed by atoms with Crippen LogP contribution in [0.5, 0.6) is 23.0 Å². The zero-order chi connectivity index (χ0) is 21.8. The lowest BCUT2D eigenvalue weighted by molar-refractivity contribution is 0.0954. The number of allylic oxidation sites excluding steroid dienone is 1. The molecule has 0 aliphatic rings. The summed E-state index contributed by atoms with van der Waals surface area (Å²) in [6.07, 6.45) is 5.05. The number of hydrogen-bond acceptors (Lipinski definition) is 6. The summed E-state index contributed by atoms with van der Waals surface area (Å²) in [5.41, 5.74) is 3.77. The Morgan fingerprint density at radius 3 is 2.20 bits per heavy atom. The highest BCUT2D eigenvalue weighted by Crippen LogP contribution is 2.39. The summed E-state index contributed by atoms with van der Waals surface area (Å²) in [4.78, 5) is 12.5. The first-order valence-electron chi connectivity index (χ1n) is 9.84. The second kappa shape index (κ2) is 12.2. The predicted molar refractivity (Wildman–Crippen MR) is 118 cm³/mol. The molecular weight excluding hydrogens is 384 g/mol. The van der Waals surface area contributed by atoms with E-state index in [0.29, 0.717) is 42.6 Å². The molecule has 0 fully saturated rings. The lowest BCUT2D eigenvalue weighted by atomic mass is 10.1. The Morgan fingerprint density at radius 2 is 1.60 bits per heavy atom. The van der Waals surface area contributed by atoms with E-state index in [1.807, 2.05) is 51.1 Å². The fraction of sp³-hybridized carbons (Fsp3) is 0.304. The molecule has 2 aromatic rings. The number of carbonyl (C=O) groups excluding carboxylic acids is 1. The second-order valence-electron chi connectivity index (χ2n) is 5.92. The molecule has 0 unspecified atom stereocenters. The number of rotatable bonds is 11. The molecule has 1 amide bonds. The molecule has 0 aliphatic heterocycles. The average molecular weight is 412 g/mol. The molecule has 0 atom stereocenters. The first-order valence-corrected chi connectivity index (χ1v) is 9.84. The van der Waals surface area contributed by atoms with E-state index in [1.54, 1.807) is 25.3 Å². The molecule has 160 valence electrons. The molecule has 0 saturated heterocycles. The summed E-state index contributed by atoms with van der Waals surface area (Å²) in [5, 5.41) is 3.96. The highest BCUT2D eigenvalue weighted by molar-refractivity contribution is 5.96. The number of hydrazone groups is 1. The number of nitrogens with zero attached hydrogens (tertiary/aromatic N) is 1. The van der Waals surface area contributed by atoms with Gasteiger partial charge in [0, 0.05) is 17.3 Å². The Balaban J connectivity index is 2.13. The van der Waals surface area contributed by atoms with E-state index < -0.39 is 0 Å². The third kappa shape index (κ3) is 6.27. The van der Waals surface area contributed by atoms with Gasteiger partial charge in [-0.15, -0.1) is 0 Å². The summed E-state index contributed by atoms with van der Waals surface area (Å²) in [6.45, 7) is 6.92. The van der Waals surface area contributed by atoms with Crippen LogP contribution >= 0.6 is 0 Å². The fourth-order valence-corrected chi connectivity index (χ4v) is 2.67. The number of ether oxygens (including phenoxy) is 4. The highest BCUT2D eigenvalue weighted by Gasteiger charge is 2.18. The molecule has 0 spiro atoms. The zero-order valence-corrected chi connectivity index (χ0v) is 17.8. The van der Waals surface area contributed by atoms with Crippen LogP contribution in [0.15, 0.2) is 47.6 Å². The van der Waals surface area contributed by atoms with Gasteiger partial charge in [-0.3, -0.25) is 4.79 Å². The van der Waals surface area contributed by atoms with Crippen LogP contribution in [0.2, 0.25) is 0 Å². The van der Waals surface area contributed by atoms with Gasteiger partial charge in [-0.05, 0) is 51.1 Å². The van der Waals surface area contributed by atoms with Crippen LogP contribution in [-0.2, 0) is 0 Å². The quantitative estimate of drug-likeness (QED) is 0.439. The lowest BCUT2D eigenvalue weighted by Gasteiger charge is -2.16. The number of nitrogens with one attached hydrogen (secondary N) is 1. The Morgan fingerprint density at radius 1 is 0.967 bits per heavy atom. The highest BCUT2D eigenvalue weighted by atomic mass is 16.5. The zero-order valence-electron chi connectivity index (χ0n) is 17.8. The van der Waals surface area contributed by atoms with E-state index in [1.165, 1.54) is 6.21 Å². The van der Waals surface area contributed by atoms with Crippen molar-refractivity contribution in [3.63, 3.8) is 0 Å². The standard InChI is InChI=1S/C23H28N2O5/c1-5-28-20-15-18(16-21(29-6-2)22(20)30-7-3)23(26)25-24-14-10-12-17-11-8-9-13-19(17)27-4/h8-16H,5-7H2,1-4H3,(H,25,26)/b12-10+,24-14-. The minimum Gasteiger partial charge on any atom is -0.496 e. The van der Waals surface area contributed by atoms with Crippen molar-refractivity contribution in [2.75, 3.05) is 26.9 Å². The third-order valence-electron chi connectivity index (χ3n) is 3.91. The van der Waals surface area contributed by atoms with Gasteiger partial charge >= 0.3 is 0 Å². The maximum atomic E-state index is 12.5. The van der Waals surface area contributed by atoms with Gasteiger partial charge < -0.3 is 18.9 Å². The van der Waals surface area contributed by atoms with E-state index in [2.05, 4.69) is 10.5 Å². The van der Waals surface area contributed by atoms with Crippen LogP contribution in [0, 0.1) is 0 Å². The van der Waals surface area contributed by atoms with Crippen LogP contribution in [0.4, 0.5) is 0 Å². The normalized spacial score (nSPS) is 10.9. The van der Waals surface area contributed by atoms with Crippen LogP contribution in [0.1, 0.15) is 36.7 Å². The third-order valence-corrected chi connectivity index (χ3v) is 3.91. The van der Waals surface area contributed by atoms with Crippen molar-refractivity contribution in [2.45, 2.75) is 20.8 Å². The molecule has 0 saturated carbocycles. The van der Waals surface area contributed by atoms with Crippen molar-refractivity contribution in [1.29, 1.82) is 0 Å². The van der Waals surface area contributed by atoms with E-state index >= 15 is 0 Å². The SMILES string of the molecule is CCOc1cc(C(=O)N/N=C\C=C\c2ccccc2OC)cc(OCC)c1OCC. The molecule has 7 heteroatoms. The number of para-hydroxylation sites is 1. The van der Waals surface area contributed by atoms with Crippen LogP contribution in [0.25, 0.3) is 6.08 Å². The van der Waals surface area contributed by atoms with Crippen molar-refractivity contribution < 1.29 is 23.7 Å². The van der Waals surface area contributed by atoms with Crippen molar-refractivity contribution in [1.82, 2.24) is 5.43 Å². The van der Waals surface area contributed by atoms with Gasteiger partial charge in [-0.2, -0.15) is 5.10 Å². The molecule has 0 aromatic heterocycles. The topological polar surface area (TPSA) is 78.4 Å². The molecule has 0 heterocycles. The maximum Gasteiger partial charge on any atom is 0.271 e. The molecule has 0 radical (unpaired) electrons. The van der Waals surface area contributed by atoms with Crippen molar-refractivity contribution in [3.8, 4) is 23.0 Å². The minimum atomic E-state index is -0.387. The van der Waals surface area contributed by atoms with E-state index in [9.17, 15) is 4.79 Å². The summed E-state index contributed by atoms with van der Waals surface area (Å²) in [5.74, 6) is 1.77. The van der Waals surface area contributed by atoms with Gasteiger partial charge in [0.25, 0.3) is 5.91 Å². The molecule has 7 nitrogen and oxygen atoms in total. The first-order chi connectivity index (χ1) is 14.6. The average Bonchev–Trinajstić information content (AvgIpc) is 2.76. The number of carbonyl (C=O) groups is 1. The number of benzene rings is 2. The number of methoxy groups -OCH3 is 1.